The van der Waals surface area contributed by atoms with Gasteiger partial charge in [-0.3, -0.25) is 9.48 Å². The maximum absolute atomic E-state index is 12.5. The van der Waals surface area contributed by atoms with Crippen LogP contribution in [0, 0.1) is 12.8 Å². The fourth-order valence-electron chi connectivity index (χ4n) is 4.04. The molecule has 3 rings (SSSR count). The van der Waals surface area contributed by atoms with E-state index in [2.05, 4.69) is 41.5 Å². The molecule has 1 aliphatic rings. The van der Waals surface area contributed by atoms with Crippen LogP contribution < -0.4 is 5.32 Å². The van der Waals surface area contributed by atoms with Crippen molar-refractivity contribution in [2.24, 2.45) is 5.92 Å². The van der Waals surface area contributed by atoms with Gasteiger partial charge in [-0.15, -0.1) is 0 Å². The molecule has 5 heteroatoms. The van der Waals surface area contributed by atoms with Gasteiger partial charge < -0.3 is 10.2 Å². The van der Waals surface area contributed by atoms with Crippen LogP contribution in [0.2, 0.25) is 0 Å². The van der Waals surface area contributed by atoms with Gasteiger partial charge in [-0.1, -0.05) is 31.0 Å². The van der Waals surface area contributed by atoms with Crippen molar-refractivity contribution < 1.29 is 4.79 Å². The quantitative estimate of drug-likeness (QED) is 0.878. The van der Waals surface area contributed by atoms with Crippen LogP contribution in [0.1, 0.15) is 37.8 Å². The summed E-state index contributed by atoms with van der Waals surface area (Å²) in [6.07, 6.45) is 5.30. The Morgan fingerprint density at radius 1 is 1.28 bits per heavy atom. The Labute approximate surface area is 150 Å². The Morgan fingerprint density at radius 2 is 2.04 bits per heavy atom. The van der Waals surface area contributed by atoms with Crippen molar-refractivity contribution >= 4 is 16.8 Å². The molecule has 0 saturated heterocycles. The highest BCUT2D eigenvalue weighted by Gasteiger charge is 2.26. The SMILES string of the molecule is Cc1nn(CCC(=O)NC2CCCCC2CN(C)C)c2ccccc12. The number of hydrogen-bond acceptors (Lipinski definition) is 3. The van der Waals surface area contributed by atoms with Gasteiger partial charge in [0, 0.05) is 24.4 Å². The normalized spacial score (nSPS) is 21.0. The van der Waals surface area contributed by atoms with Crippen LogP contribution in [0.4, 0.5) is 0 Å². The van der Waals surface area contributed by atoms with Gasteiger partial charge in [0.25, 0.3) is 0 Å². The Balaban J connectivity index is 1.58. The first-order valence-corrected chi connectivity index (χ1v) is 9.41. The predicted octanol–water partition coefficient (Wildman–Crippen LogP) is 2.97. The van der Waals surface area contributed by atoms with E-state index in [9.17, 15) is 4.79 Å². The Kier molecular flexibility index (Phi) is 5.74. The first-order valence-electron chi connectivity index (χ1n) is 9.41. The summed E-state index contributed by atoms with van der Waals surface area (Å²) in [6.45, 7) is 3.70. The number of nitrogens with one attached hydrogen (secondary N) is 1. The number of amides is 1. The number of benzene rings is 1. The van der Waals surface area contributed by atoms with Crippen molar-refractivity contribution in [1.82, 2.24) is 20.0 Å². The number of para-hydroxylation sites is 1. The molecule has 5 nitrogen and oxygen atoms in total. The molecule has 2 aromatic rings. The second-order valence-electron chi connectivity index (χ2n) is 7.56. The lowest BCUT2D eigenvalue weighted by molar-refractivity contribution is -0.122. The molecule has 1 fully saturated rings. The Morgan fingerprint density at radius 3 is 2.84 bits per heavy atom. The summed E-state index contributed by atoms with van der Waals surface area (Å²) in [5.41, 5.74) is 2.13. The van der Waals surface area contributed by atoms with Crippen LogP contribution in [0.3, 0.4) is 0 Å². The van der Waals surface area contributed by atoms with Crippen molar-refractivity contribution in [2.75, 3.05) is 20.6 Å². The minimum atomic E-state index is 0.146. The minimum Gasteiger partial charge on any atom is -0.353 e. The van der Waals surface area contributed by atoms with E-state index in [0.717, 1.165) is 24.2 Å². The van der Waals surface area contributed by atoms with Crippen LogP contribution >= 0.6 is 0 Å². The molecule has 0 bridgehead atoms. The van der Waals surface area contributed by atoms with Crippen LogP contribution in [-0.4, -0.2) is 47.3 Å². The van der Waals surface area contributed by atoms with E-state index >= 15 is 0 Å². The fourth-order valence-corrected chi connectivity index (χ4v) is 4.04. The second-order valence-corrected chi connectivity index (χ2v) is 7.56. The van der Waals surface area contributed by atoms with Crippen molar-refractivity contribution in [2.45, 2.75) is 51.6 Å². The number of rotatable bonds is 6. The van der Waals surface area contributed by atoms with Crippen LogP contribution in [-0.2, 0) is 11.3 Å². The minimum absolute atomic E-state index is 0.146. The summed E-state index contributed by atoms with van der Waals surface area (Å²) >= 11 is 0. The zero-order valence-corrected chi connectivity index (χ0v) is 15.7. The lowest BCUT2D eigenvalue weighted by atomic mass is 9.84. The predicted molar refractivity (Wildman–Crippen MR) is 102 cm³/mol. The molecular formula is C20H30N4O. The molecule has 1 amide bonds. The number of carbonyl (C=O) groups excluding carboxylic acids is 1. The highest BCUT2D eigenvalue weighted by molar-refractivity contribution is 5.82. The molecule has 0 radical (unpaired) electrons. The number of fused-ring (bicyclic) bond motifs is 1. The van der Waals surface area contributed by atoms with Crippen molar-refractivity contribution in [3.63, 3.8) is 0 Å². The monoisotopic (exact) mass is 342 g/mol. The van der Waals surface area contributed by atoms with Crippen LogP contribution in [0.15, 0.2) is 24.3 Å². The molecule has 2 atom stereocenters. The molecule has 1 aromatic heterocycles. The first kappa shape index (κ1) is 17.9. The molecule has 25 heavy (non-hydrogen) atoms. The molecular weight excluding hydrogens is 312 g/mol. The smallest absolute Gasteiger partial charge is 0.222 e. The first-order chi connectivity index (χ1) is 12.0. The number of nitrogens with zero attached hydrogens (tertiary/aromatic N) is 3. The van der Waals surface area contributed by atoms with Gasteiger partial charge in [-0.2, -0.15) is 5.10 Å². The molecule has 0 aliphatic heterocycles. The van der Waals surface area contributed by atoms with E-state index in [-0.39, 0.29) is 5.91 Å². The van der Waals surface area contributed by atoms with Gasteiger partial charge in [-0.25, -0.2) is 0 Å². The van der Waals surface area contributed by atoms with Gasteiger partial charge >= 0.3 is 0 Å². The molecule has 1 aliphatic carbocycles. The lowest BCUT2D eigenvalue weighted by Gasteiger charge is -2.34. The zero-order chi connectivity index (χ0) is 17.8. The molecule has 1 aromatic carbocycles. The Hall–Kier alpha value is -1.88. The van der Waals surface area contributed by atoms with Gasteiger partial charge in [0.2, 0.25) is 5.91 Å². The van der Waals surface area contributed by atoms with E-state index < -0.39 is 0 Å². The lowest BCUT2D eigenvalue weighted by Crippen LogP contribution is -2.45. The summed E-state index contributed by atoms with van der Waals surface area (Å²) in [6, 6.07) is 8.53. The van der Waals surface area contributed by atoms with Gasteiger partial charge in [0.1, 0.15) is 0 Å². The maximum Gasteiger partial charge on any atom is 0.222 e. The maximum atomic E-state index is 12.5. The van der Waals surface area contributed by atoms with Gasteiger partial charge in [0.05, 0.1) is 17.8 Å². The standard InChI is InChI=1S/C20H30N4O/c1-15-17-9-5-7-11-19(17)24(22-15)13-12-20(25)21-18-10-6-4-8-16(18)14-23(2)3/h5,7,9,11,16,18H,4,6,8,10,12-14H2,1-3H3,(H,21,25). The third-order valence-corrected chi connectivity index (χ3v) is 5.25. The summed E-state index contributed by atoms with van der Waals surface area (Å²) in [5.74, 6) is 0.716. The van der Waals surface area contributed by atoms with Gasteiger partial charge in [0.15, 0.2) is 0 Å². The number of hydrogen-bond donors (Lipinski definition) is 1. The van der Waals surface area contributed by atoms with E-state index in [1.807, 2.05) is 23.7 Å². The topological polar surface area (TPSA) is 50.2 Å². The molecule has 1 N–H and O–H groups in total. The van der Waals surface area contributed by atoms with Gasteiger partial charge in [-0.05, 0) is 45.8 Å². The number of aromatic nitrogens is 2. The van der Waals surface area contributed by atoms with E-state index in [4.69, 9.17) is 0 Å². The molecule has 1 saturated carbocycles. The average molecular weight is 342 g/mol. The summed E-state index contributed by atoms with van der Waals surface area (Å²) < 4.78 is 1.96. The molecule has 136 valence electrons. The van der Waals surface area contributed by atoms with Crippen LogP contribution in [0.5, 0.6) is 0 Å². The van der Waals surface area contributed by atoms with E-state index in [1.165, 1.54) is 24.6 Å². The highest BCUT2D eigenvalue weighted by Crippen LogP contribution is 2.25. The average Bonchev–Trinajstić information content (AvgIpc) is 2.91. The molecule has 1 heterocycles. The van der Waals surface area contributed by atoms with Crippen LogP contribution in [0.25, 0.3) is 10.9 Å². The third kappa shape index (κ3) is 4.40. The highest BCUT2D eigenvalue weighted by atomic mass is 16.1. The fraction of sp³-hybridized carbons (Fsp3) is 0.600. The van der Waals surface area contributed by atoms with Crippen molar-refractivity contribution in [1.29, 1.82) is 0 Å². The van der Waals surface area contributed by atoms with E-state index in [0.29, 0.717) is 24.9 Å². The van der Waals surface area contributed by atoms with Crippen molar-refractivity contribution in [3.05, 3.63) is 30.0 Å². The number of aryl methyl sites for hydroxylation is 2. The Bertz CT molecular complexity index is 722. The second kappa shape index (κ2) is 8.00. The third-order valence-electron chi connectivity index (χ3n) is 5.25. The summed E-state index contributed by atoms with van der Waals surface area (Å²) in [4.78, 5) is 14.7. The van der Waals surface area contributed by atoms with Crippen molar-refractivity contribution in [3.8, 4) is 0 Å². The summed E-state index contributed by atoms with van der Waals surface area (Å²) in [7, 11) is 4.22. The zero-order valence-electron chi connectivity index (χ0n) is 15.7. The molecule has 2 unspecified atom stereocenters. The molecule has 0 spiro atoms. The number of carbonyl (C=O) groups is 1. The largest absolute Gasteiger partial charge is 0.353 e. The summed E-state index contributed by atoms with van der Waals surface area (Å²) in [5, 5.41) is 9.05. The van der Waals surface area contributed by atoms with E-state index in [1.54, 1.807) is 0 Å².